The Hall–Kier alpha value is -5.63. The largest absolute Gasteiger partial charge is 0.473 e. The van der Waals surface area contributed by atoms with Gasteiger partial charge in [-0.05, 0) is 74.2 Å². The van der Waals surface area contributed by atoms with E-state index in [9.17, 15) is 38.8 Å². The minimum absolute atomic E-state index is 0.0231. The summed E-state index contributed by atoms with van der Waals surface area (Å²) < 4.78 is 55.5. The maximum Gasteiger partial charge on any atom is 0.473 e. The first-order valence-corrected chi connectivity index (χ1v) is 24.9. The number of carbonyl (C=O) groups excluding carboxylic acids is 6. The van der Waals surface area contributed by atoms with Crippen LogP contribution in [0.1, 0.15) is 99.5 Å². The van der Waals surface area contributed by atoms with Gasteiger partial charge in [-0.1, -0.05) is 80.6 Å². The monoisotopic (exact) mass is 1000 g/mol. The fourth-order valence-electron chi connectivity index (χ4n) is 10.9. The molecule has 3 fully saturated rings. The summed E-state index contributed by atoms with van der Waals surface area (Å²) in [5, 5.41) is 28.8. The standard InChI is InChI=1S/C51H61N2O17P/c1-29-35(67-47(60)41(70-71(62,63)65-25-17-16-24-52)39(32-18-10-7-11-19-32)53-45(58)33-20-12-8-13-21-33)27-51(61)44(68-46(59)34-22-14-9-15-23-34)42-49(6,36(56)26-37-50(42,28-64-37)69-31(3)55)43(57)40(66-30(2)54)38(29)48(51,4)5/h7-15,18-23,35-37,39-42,44,56,61H,16-17,24-28,52H2,1-6H3,(H,53,58)(H,62,63)/t35-,36-,37+,39-,40+,41+,42?,44?,49+,50-,51+/m0/s1. The zero-order valence-corrected chi connectivity index (χ0v) is 41.2. The molecule has 2 bridgehead atoms. The lowest BCUT2D eigenvalue weighted by Gasteiger charge is -2.67. The van der Waals surface area contributed by atoms with E-state index < -0.39 is 120 Å². The Balaban J connectivity index is 1.42. The average molecular weight is 1010 g/mol. The molecule has 0 radical (unpaired) electrons. The zero-order chi connectivity index (χ0) is 51.7. The van der Waals surface area contributed by atoms with Gasteiger partial charge in [0.15, 0.2) is 23.6 Å². The number of ketones is 1. The molecule has 382 valence electrons. The molecule has 20 heteroatoms. The fraction of sp³-hybridized carbons (Fsp3) is 0.490. The number of hydrogen-bond donors (Lipinski definition) is 5. The summed E-state index contributed by atoms with van der Waals surface area (Å²) in [6, 6.07) is 22.0. The van der Waals surface area contributed by atoms with Crippen molar-refractivity contribution in [2.45, 2.75) is 121 Å². The van der Waals surface area contributed by atoms with E-state index in [4.69, 9.17) is 38.5 Å². The van der Waals surface area contributed by atoms with Crippen molar-refractivity contribution in [3.8, 4) is 0 Å². The van der Waals surface area contributed by atoms with E-state index >= 15 is 9.59 Å². The third kappa shape index (κ3) is 10.1. The Kier molecular flexibility index (Phi) is 15.6. The number of Topliss-reactive ketones (excluding diaryl/α,β-unsaturated/α-hetero) is 1. The number of hydrogen-bond acceptors (Lipinski definition) is 17. The van der Waals surface area contributed by atoms with Gasteiger partial charge in [0.05, 0.1) is 42.3 Å². The number of aliphatic hydroxyl groups is 2. The molecule has 3 aliphatic carbocycles. The number of phosphoric ester groups is 1. The van der Waals surface area contributed by atoms with Gasteiger partial charge in [0.25, 0.3) is 5.91 Å². The number of carbonyl (C=O) groups is 6. The summed E-state index contributed by atoms with van der Waals surface area (Å²) in [5.41, 5.74) is -2.24. The maximum atomic E-state index is 15.7. The minimum Gasteiger partial charge on any atom is -0.456 e. The van der Waals surface area contributed by atoms with E-state index in [2.05, 4.69) is 5.32 Å². The molecule has 71 heavy (non-hydrogen) atoms. The van der Waals surface area contributed by atoms with E-state index in [1.807, 2.05) is 0 Å². The topological polar surface area (TPSA) is 283 Å². The van der Waals surface area contributed by atoms with Crippen LogP contribution in [0, 0.1) is 16.7 Å². The van der Waals surface area contributed by atoms with Crippen LogP contribution in [0.25, 0.3) is 0 Å². The van der Waals surface area contributed by atoms with E-state index in [1.165, 1.54) is 64.1 Å². The molecule has 3 unspecified atom stereocenters. The lowest BCUT2D eigenvalue weighted by molar-refractivity contribution is -0.346. The van der Waals surface area contributed by atoms with Crippen molar-refractivity contribution in [2.24, 2.45) is 22.5 Å². The van der Waals surface area contributed by atoms with Crippen LogP contribution in [-0.4, -0.2) is 118 Å². The zero-order valence-electron chi connectivity index (χ0n) is 40.3. The van der Waals surface area contributed by atoms with Gasteiger partial charge in [-0.25, -0.2) is 14.2 Å². The number of benzene rings is 3. The maximum absolute atomic E-state index is 15.7. The predicted octanol–water partition coefficient (Wildman–Crippen LogP) is 4.62. The number of amides is 1. The van der Waals surface area contributed by atoms with Gasteiger partial charge in [-0.3, -0.25) is 28.2 Å². The number of ether oxygens (including phenoxy) is 5. The fourth-order valence-corrected chi connectivity index (χ4v) is 11.8. The molecule has 1 amide bonds. The number of aliphatic hydroxyl groups excluding tert-OH is 1. The van der Waals surface area contributed by atoms with E-state index in [1.54, 1.807) is 54.6 Å². The lowest BCUT2D eigenvalue weighted by atomic mass is 9.44. The van der Waals surface area contributed by atoms with Crippen LogP contribution in [0.4, 0.5) is 0 Å². The molecule has 12 atom stereocenters. The van der Waals surface area contributed by atoms with Gasteiger partial charge < -0.3 is 49.8 Å². The molecule has 1 heterocycles. The third-order valence-corrected chi connectivity index (χ3v) is 15.6. The van der Waals surface area contributed by atoms with Crippen molar-refractivity contribution in [1.82, 2.24) is 5.32 Å². The van der Waals surface area contributed by atoms with Crippen molar-refractivity contribution in [3.63, 3.8) is 0 Å². The molecule has 7 rings (SSSR count). The normalized spacial score (nSPS) is 30.3. The van der Waals surface area contributed by atoms with Gasteiger partial charge in [0.1, 0.15) is 23.9 Å². The summed E-state index contributed by atoms with van der Waals surface area (Å²) in [5.74, 6) is -7.39. The van der Waals surface area contributed by atoms with Crippen LogP contribution >= 0.6 is 7.82 Å². The molecule has 6 N–H and O–H groups in total. The molecule has 4 aliphatic rings. The third-order valence-electron chi connectivity index (χ3n) is 14.6. The van der Waals surface area contributed by atoms with Gasteiger partial charge in [0, 0.05) is 37.7 Å². The van der Waals surface area contributed by atoms with Crippen molar-refractivity contribution in [2.75, 3.05) is 19.8 Å². The van der Waals surface area contributed by atoms with Gasteiger partial charge >= 0.3 is 31.7 Å². The second-order valence-corrected chi connectivity index (χ2v) is 20.6. The highest BCUT2D eigenvalue weighted by Gasteiger charge is 2.78. The molecule has 1 aliphatic heterocycles. The van der Waals surface area contributed by atoms with Crippen molar-refractivity contribution in [1.29, 1.82) is 0 Å². The van der Waals surface area contributed by atoms with E-state index in [0.717, 1.165) is 13.8 Å². The first kappa shape index (κ1) is 53.2. The summed E-state index contributed by atoms with van der Waals surface area (Å²) in [4.78, 5) is 96.8. The number of nitrogens with one attached hydrogen (secondary N) is 1. The number of phosphoric acid groups is 1. The first-order chi connectivity index (χ1) is 33.5. The number of fused-ring (bicyclic) bond motifs is 5. The summed E-state index contributed by atoms with van der Waals surface area (Å²) in [6.45, 7) is 7.65. The van der Waals surface area contributed by atoms with Crippen molar-refractivity contribution < 1.29 is 81.2 Å². The van der Waals surface area contributed by atoms with Gasteiger partial charge in [-0.15, -0.1) is 0 Å². The number of nitrogens with two attached hydrogens (primary N) is 1. The smallest absolute Gasteiger partial charge is 0.456 e. The Morgan fingerprint density at radius 1 is 0.873 bits per heavy atom. The molecule has 3 aromatic carbocycles. The Morgan fingerprint density at radius 2 is 1.48 bits per heavy atom. The minimum atomic E-state index is -5.20. The molecular weight excluding hydrogens is 944 g/mol. The number of esters is 4. The molecule has 1 saturated heterocycles. The van der Waals surface area contributed by atoms with E-state index in [-0.39, 0.29) is 60.4 Å². The summed E-state index contributed by atoms with van der Waals surface area (Å²) in [7, 11) is -5.20. The molecular formula is C51H61N2O17P. The second-order valence-electron chi connectivity index (χ2n) is 19.2. The SMILES string of the molecule is CC(=O)O[C@H]1C(=O)[C@@]2(C)C(C(OC(=O)c3ccccc3)[C@]3(O)C[C@H](OC(=O)[C@H](OP(=O)(O)OCCCCN)[C@@H](NC(=O)c4ccccc4)c4ccccc4)C(C)=C1C3(C)C)[C@]1(OC(C)=O)CO[C@@H]1C[C@@H]2O. The van der Waals surface area contributed by atoms with E-state index in [0.29, 0.717) is 6.42 Å². The van der Waals surface area contributed by atoms with Crippen molar-refractivity contribution in [3.05, 3.63) is 119 Å². The summed E-state index contributed by atoms with van der Waals surface area (Å²) in [6.07, 6.45) is -10.6. The molecule has 0 aromatic heterocycles. The molecule has 0 spiro atoms. The molecule has 19 nitrogen and oxygen atoms in total. The Labute approximate surface area is 410 Å². The Morgan fingerprint density at radius 3 is 2.04 bits per heavy atom. The predicted molar refractivity (Wildman–Crippen MR) is 251 cm³/mol. The first-order valence-electron chi connectivity index (χ1n) is 23.4. The molecule has 3 aromatic rings. The van der Waals surface area contributed by atoms with Gasteiger partial charge in [-0.2, -0.15) is 0 Å². The highest BCUT2D eigenvalue weighted by Crippen LogP contribution is 2.64. The van der Waals surface area contributed by atoms with Crippen LogP contribution in [0.2, 0.25) is 0 Å². The van der Waals surface area contributed by atoms with Crippen LogP contribution < -0.4 is 11.1 Å². The van der Waals surface area contributed by atoms with Crippen LogP contribution in [0.3, 0.4) is 0 Å². The van der Waals surface area contributed by atoms with Gasteiger partial charge in [0.2, 0.25) is 0 Å². The number of unbranched alkanes of at least 4 members (excludes halogenated alkanes) is 1. The lowest BCUT2D eigenvalue weighted by Crippen LogP contribution is -2.82. The second kappa shape index (κ2) is 20.8. The molecule has 2 saturated carbocycles. The summed E-state index contributed by atoms with van der Waals surface area (Å²) >= 11 is 0. The van der Waals surface area contributed by atoms with Crippen LogP contribution in [0.15, 0.2) is 102 Å². The van der Waals surface area contributed by atoms with Crippen LogP contribution in [0.5, 0.6) is 0 Å². The highest BCUT2D eigenvalue weighted by molar-refractivity contribution is 7.47. The quantitative estimate of drug-likeness (QED) is 0.0406. The Bertz CT molecular complexity index is 2580. The average Bonchev–Trinajstić information content (AvgIpc) is 3.33. The highest BCUT2D eigenvalue weighted by atomic mass is 31.2. The van der Waals surface area contributed by atoms with Crippen LogP contribution in [-0.2, 0) is 56.5 Å². The number of rotatable bonds is 17. The van der Waals surface area contributed by atoms with Crippen molar-refractivity contribution >= 4 is 43.4 Å².